The molecule has 1 unspecified atom stereocenters. The minimum absolute atomic E-state index is 0.0852. The first-order chi connectivity index (χ1) is 8.50. The molecule has 0 aliphatic carbocycles. The number of nitro groups is 1. The van der Waals surface area contributed by atoms with Crippen molar-refractivity contribution in [3.05, 3.63) is 38.3 Å². The van der Waals surface area contributed by atoms with Crippen LogP contribution in [0.15, 0.2) is 22.7 Å². The van der Waals surface area contributed by atoms with Crippen molar-refractivity contribution in [2.45, 2.75) is 25.4 Å². The van der Waals surface area contributed by atoms with Gasteiger partial charge in [-0.15, -0.1) is 0 Å². The summed E-state index contributed by atoms with van der Waals surface area (Å²) >= 11 is 3.19. The van der Waals surface area contributed by atoms with E-state index in [0.29, 0.717) is 11.0 Å². The number of halogens is 1. The maximum absolute atomic E-state index is 10.8. The zero-order valence-corrected chi connectivity index (χ0v) is 11.8. The molecule has 2 rings (SSSR count). The Kier molecular flexibility index (Phi) is 3.99. The number of benzene rings is 1. The van der Waals surface area contributed by atoms with Gasteiger partial charge in [0.25, 0.3) is 5.69 Å². The van der Waals surface area contributed by atoms with E-state index in [1.54, 1.807) is 12.1 Å². The summed E-state index contributed by atoms with van der Waals surface area (Å²) in [6.07, 6.45) is 1.08. The molecule has 1 saturated heterocycles. The molecule has 0 amide bonds. The van der Waals surface area contributed by atoms with Crippen LogP contribution in [0.5, 0.6) is 0 Å². The van der Waals surface area contributed by atoms with Crippen molar-refractivity contribution in [3.63, 3.8) is 0 Å². The standard InChI is InChI=1S/C12H16BrN3O2/c1-12(4-5-14-8-12)15-7-9-2-3-10(13)11(6-9)16(17)18/h2-3,6,14-15H,4-5,7-8H2,1H3. The number of nitrogens with zero attached hydrogens (tertiary/aromatic N) is 1. The van der Waals surface area contributed by atoms with Crippen LogP contribution in [-0.4, -0.2) is 23.6 Å². The highest BCUT2D eigenvalue weighted by molar-refractivity contribution is 9.10. The third kappa shape index (κ3) is 3.07. The van der Waals surface area contributed by atoms with Gasteiger partial charge in [-0.2, -0.15) is 0 Å². The zero-order chi connectivity index (χ0) is 13.2. The van der Waals surface area contributed by atoms with Crippen molar-refractivity contribution in [3.8, 4) is 0 Å². The highest BCUT2D eigenvalue weighted by atomic mass is 79.9. The summed E-state index contributed by atoms with van der Waals surface area (Å²) < 4.78 is 0.519. The Morgan fingerprint density at radius 1 is 1.61 bits per heavy atom. The molecule has 18 heavy (non-hydrogen) atoms. The van der Waals surface area contributed by atoms with Gasteiger partial charge in [0.15, 0.2) is 0 Å². The first kappa shape index (κ1) is 13.5. The summed E-state index contributed by atoms with van der Waals surface area (Å²) in [5.41, 5.74) is 1.13. The van der Waals surface area contributed by atoms with Gasteiger partial charge in [0.2, 0.25) is 0 Å². The number of hydrogen-bond donors (Lipinski definition) is 2. The van der Waals surface area contributed by atoms with Crippen molar-refractivity contribution in [2.75, 3.05) is 13.1 Å². The van der Waals surface area contributed by atoms with Gasteiger partial charge >= 0.3 is 0 Å². The van der Waals surface area contributed by atoms with Crippen LogP contribution in [0, 0.1) is 10.1 Å². The van der Waals surface area contributed by atoms with E-state index in [-0.39, 0.29) is 16.1 Å². The molecule has 0 bridgehead atoms. The Morgan fingerprint density at radius 2 is 2.39 bits per heavy atom. The van der Waals surface area contributed by atoms with E-state index in [1.807, 2.05) is 6.07 Å². The molecule has 5 nitrogen and oxygen atoms in total. The first-order valence-corrected chi connectivity index (χ1v) is 6.68. The number of nitrogens with one attached hydrogen (secondary N) is 2. The summed E-state index contributed by atoms with van der Waals surface area (Å²) in [5, 5.41) is 17.6. The summed E-state index contributed by atoms with van der Waals surface area (Å²) in [5.74, 6) is 0. The van der Waals surface area contributed by atoms with E-state index in [0.717, 1.165) is 25.1 Å². The number of nitro benzene ring substituents is 1. The highest BCUT2D eigenvalue weighted by Gasteiger charge is 2.27. The fraction of sp³-hybridized carbons (Fsp3) is 0.500. The summed E-state index contributed by atoms with van der Waals surface area (Å²) in [7, 11) is 0. The highest BCUT2D eigenvalue weighted by Crippen LogP contribution is 2.26. The van der Waals surface area contributed by atoms with Crippen molar-refractivity contribution in [1.82, 2.24) is 10.6 Å². The summed E-state index contributed by atoms with van der Waals surface area (Å²) in [6.45, 7) is 4.77. The Labute approximate surface area is 114 Å². The lowest BCUT2D eigenvalue weighted by atomic mass is 10.0. The maximum atomic E-state index is 10.8. The average Bonchev–Trinajstić information content (AvgIpc) is 2.75. The van der Waals surface area contributed by atoms with Crippen LogP contribution < -0.4 is 10.6 Å². The molecule has 98 valence electrons. The monoisotopic (exact) mass is 313 g/mol. The number of rotatable bonds is 4. The van der Waals surface area contributed by atoms with Crippen molar-refractivity contribution in [1.29, 1.82) is 0 Å². The van der Waals surface area contributed by atoms with Crippen LogP contribution in [0.1, 0.15) is 18.9 Å². The van der Waals surface area contributed by atoms with Gasteiger partial charge in [0, 0.05) is 24.7 Å². The number of hydrogen-bond acceptors (Lipinski definition) is 4. The van der Waals surface area contributed by atoms with Gasteiger partial charge in [-0.3, -0.25) is 10.1 Å². The van der Waals surface area contributed by atoms with Gasteiger partial charge in [-0.25, -0.2) is 0 Å². The molecule has 0 saturated carbocycles. The fourth-order valence-electron chi connectivity index (χ4n) is 2.09. The van der Waals surface area contributed by atoms with E-state index >= 15 is 0 Å². The average molecular weight is 314 g/mol. The molecule has 6 heteroatoms. The van der Waals surface area contributed by atoms with Crippen molar-refractivity contribution in [2.24, 2.45) is 0 Å². The predicted octanol–water partition coefficient (Wildman–Crippen LogP) is 2.20. The van der Waals surface area contributed by atoms with Crippen LogP contribution in [0.3, 0.4) is 0 Å². The smallest absolute Gasteiger partial charge is 0.283 e. The molecule has 1 heterocycles. The SMILES string of the molecule is CC1(NCc2ccc(Br)c([N+](=O)[O-])c2)CCNC1. The van der Waals surface area contributed by atoms with Crippen LogP contribution in [-0.2, 0) is 6.54 Å². The van der Waals surface area contributed by atoms with Gasteiger partial charge in [-0.05, 0) is 47.4 Å². The summed E-state index contributed by atoms with van der Waals surface area (Å²) in [4.78, 5) is 10.5. The maximum Gasteiger partial charge on any atom is 0.283 e. The third-order valence-electron chi connectivity index (χ3n) is 3.30. The van der Waals surface area contributed by atoms with E-state index in [2.05, 4.69) is 33.5 Å². The molecule has 1 aliphatic rings. The Bertz CT molecular complexity index is 459. The normalized spacial score (nSPS) is 23.2. The molecule has 1 fully saturated rings. The topological polar surface area (TPSA) is 67.2 Å². The Hall–Kier alpha value is -0.980. The lowest BCUT2D eigenvalue weighted by Crippen LogP contribution is -2.43. The van der Waals surface area contributed by atoms with E-state index in [4.69, 9.17) is 0 Å². The molecular formula is C12H16BrN3O2. The van der Waals surface area contributed by atoms with Gasteiger partial charge in [-0.1, -0.05) is 6.07 Å². The second kappa shape index (κ2) is 5.34. The molecule has 0 aromatic heterocycles. The molecule has 1 aromatic rings. The van der Waals surface area contributed by atoms with E-state index in [9.17, 15) is 10.1 Å². The fourth-order valence-corrected chi connectivity index (χ4v) is 2.48. The molecule has 0 radical (unpaired) electrons. The van der Waals surface area contributed by atoms with Crippen LogP contribution in [0.25, 0.3) is 0 Å². The van der Waals surface area contributed by atoms with Gasteiger partial charge < -0.3 is 10.6 Å². The largest absolute Gasteiger partial charge is 0.315 e. The van der Waals surface area contributed by atoms with Crippen molar-refractivity contribution >= 4 is 21.6 Å². The van der Waals surface area contributed by atoms with Crippen LogP contribution in [0.2, 0.25) is 0 Å². The van der Waals surface area contributed by atoms with E-state index in [1.165, 1.54) is 0 Å². The minimum atomic E-state index is -0.369. The van der Waals surface area contributed by atoms with Crippen molar-refractivity contribution < 1.29 is 4.92 Å². The van der Waals surface area contributed by atoms with Gasteiger partial charge in [0.1, 0.15) is 0 Å². The van der Waals surface area contributed by atoms with Gasteiger partial charge in [0.05, 0.1) is 9.40 Å². The Balaban J connectivity index is 2.05. The second-order valence-corrected chi connectivity index (χ2v) is 5.74. The second-order valence-electron chi connectivity index (χ2n) is 4.88. The molecule has 1 atom stereocenters. The van der Waals surface area contributed by atoms with Crippen LogP contribution >= 0.6 is 15.9 Å². The molecule has 0 spiro atoms. The summed E-state index contributed by atoms with van der Waals surface area (Å²) in [6, 6.07) is 5.24. The Morgan fingerprint density at radius 3 is 3.00 bits per heavy atom. The molecular weight excluding hydrogens is 298 g/mol. The van der Waals surface area contributed by atoms with Crippen LogP contribution in [0.4, 0.5) is 5.69 Å². The third-order valence-corrected chi connectivity index (χ3v) is 3.97. The lowest BCUT2D eigenvalue weighted by Gasteiger charge is -2.24. The lowest BCUT2D eigenvalue weighted by molar-refractivity contribution is -0.385. The minimum Gasteiger partial charge on any atom is -0.315 e. The predicted molar refractivity (Wildman–Crippen MR) is 73.5 cm³/mol. The molecule has 2 N–H and O–H groups in total. The zero-order valence-electron chi connectivity index (χ0n) is 10.2. The molecule has 1 aromatic carbocycles. The van der Waals surface area contributed by atoms with E-state index < -0.39 is 0 Å². The molecule has 1 aliphatic heterocycles. The quantitative estimate of drug-likeness (QED) is 0.660. The first-order valence-electron chi connectivity index (χ1n) is 5.89.